The highest BCUT2D eigenvalue weighted by atomic mass is 35.5. The lowest BCUT2D eigenvalue weighted by molar-refractivity contribution is -0.136. The van der Waals surface area contributed by atoms with Gasteiger partial charge in [-0.3, -0.25) is 9.59 Å². The Bertz CT molecular complexity index is 1420. The number of carbonyl (C=O) groups is 2. The summed E-state index contributed by atoms with van der Waals surface area (Å²) in [5, 5.41) is 16.7. The first-order valence-electron chi connectivity index (χ1n) is 12.7. The van der Waals surface area contributed by atoms with Crippen LogP contribution in [0.15, 0.2) is 71.1 Å². The van der Waals surface area contributed by atoms with Crippen molar-refractivity contribution in [3.05, 3.63) is 82.3 Å². The first kappa shape index (κ1) is 28.3. The first-order chi connectivity index (χ1) is 18.7. The molecule has 39 heavy (non-hydrogen) atoms. The molecular weight excluding hydrogens is 539 g/mol. The van der Waals surface area contributed by atoms with Crippen molar-refractivity contribution in [3.8, 4) is 17.1 Å². The van der Waals surface area contributed by atoms with Gasteiger partial charge in [0, 0.05) is 34.8 Å². The molecule has 0 aliphatic heterocycles. The summed E-state index contributed by atoms with van der Waals surface area (Å²) in [4.78, 5) is 22.9. The molecule has 9 heteroatoms. The Morgan fingerprint density at radius 1 is 1.03 bits per heavy atom. The van der Waals surface area contributed by atoms with E-state index in [1.165, 1.54) is 0 Å². The van der Waals surface area contributed by atoms with Crippen LogP contribution in [0.4, 0.5) is 5.69 Å². The Kier molecular flexibility index (Phi) is 9.38. The molecule has 0 saturated carbocycles. The number of fused-ring (bicyclic) bond motifs is 1. The molecule has 0 aliphatic carbocycles. The lowest BCUT2D eigenvalue weighted by Gasteiger charge is -2.26. The maximum absolute atomic E-state index is 12.2. The van der Waals surface area contributed by atoms with Gasteiger partial charge in [-0.15, -0.1) is 0 Å². The maximum Gasteiger partial charge on any atom is 0.305 e. The van der Waals surface area contributed by atoms with Crippen molar-refractivity contribution < 1.29 is 23.8 Å². The van der Waals surface area contributed by atoms with Crippen LogP contribution in [0.2, 0.25) is 10.0 Å². The summed E-state index contributed by atoms with van der Waals surface area (Å²) >= 11 is 13.2. The first-order valence-corrected chi connectivity index (χ1v) is 13.5. The molecule has 1 heterocycles. The quantitative estimate of drug-likeness (QED) is 0.163. The predicted octanol–water partition coefficient (Wildman–Crippen LogP) is 7.52. The minimum atomic E-state index is -0.959. The smallest absolute Gasteiger partial charge is 0.305 e. The number of carboxylic acids is 1. The van der Waals surface area contributed by atoms with Crippen molar-refractivity contribution in [2.75, 3.05) is 18.5 Å². The average Bonchev–Trinajstić information content (AvgIpc) is 3.36. The van der Waals surface area contributed by atoms with E-state index in [1.54, 1.807) is 24.3 Å². The number of amides is 1. The fourth-order valence-corrected chi connectivity index (χ4v) is 4.54. The average molecular weight is 569 g/mol. The summed E-state index contributed by atoms with van der Waals surface area (Å²) in [6.45, 7) is 4.65. The molecule has 3 N–H and O–H groups in total. The van der Waals surface area contributed by atoms with Crippen LogP contribution in [0.1, 0.15) is 37.0 Å². The van der Waals surface area contributed by atoms with Crippen molar-refractivity contribution in [1.29, 1.82) is 0 Å². The van der Waals surface area contributed by atoms with E-state index in [0.29, 0.717) is 39.3 Å². The number of hydrogen-bond donors (Lipinski definition) is 3. The Hall–Kier alpha value is -3.68. The van der Waals surface area contributed by atoms with Crippen LogP contribution in [0.3, 0.4) is 0 Å². The zero-order valence-corrected chi connectivity index (χ0v) is 23.2. The number of anilines is 1. The lowest BCUT2D eigenvalue weighted by atomic mass is 9.99. The van der Waals surface area contributed by atoms with Crippen LogP contribution in [0.25, 0.3) is 22.3 Å². The molecule has 0 fully saturated rings. The number of ether oxygens (including phenoxy) is 1. The van der Waals surface area contributed by atoms with Crippen LogP contribution in [-0.2, 0) is 4.79 Å². The molecule has 0 aliphatic rings. The number of hydrogen-bond acceptors (Lipinski definition) is 5. The summed E-state index contributed by atoms with van der Waals surface area (Å²) in [5.41, 5.74) is 2.74. The molecule has 3 aromatic carbocycles. The Morgan fingerprint density at radius 3 is 2.46 bits per heavy atom. The third-order valence-electron chi connectivity index (χ3n) is 6.59. The topological polar surface area (TPSA) is 101 Å². The van der Waals surface area contributed by atoms with E-state index in [4.69, 9.17) is 37.5 Å². The van der Waals surface area contributed by atoms with Gasteiger partial charge in [-0.25, -0.2) is 0 Å². The lowest BCUT2D eigenvalue weighted by Crippen LogP contribution is -2.33. The van der Waals surface area contributed by atoms with Gasteiger partial charge in [0.15, 0.2) is 0 Å². The third-order valence-corrected chi connectivity index (χ3v) is 7.19. The molecule has 4 rings (SSSR count). The van der Waals surface area contributed by atoms with Crippen LogP contribution < -0.4 is 15.4 Å². The van der Waals surface area contributed by atoms with Crippen LogP contribution in [0.5, 0.6) is 5.75 Å². The highest BCUT2D eigenvalue weighted by Crippen LogP contribution is 2.39. The van der Waals surface area contributed by atoms with Gasteiger partial charge in [-0.1, -0.05) is 61.7 Å². The molecule has 1 amide bonds. The van der Waals surface area contributed by atoms with Gasteiger partial charge in [-0.05, 0) is 48.4 Å². The van der Waals surface area contributed by atoms with E-state index < -0.39 is 5.97 Å². The third kappa shape index (κ3) is 7.25. The molecule has 4 aromatic rings. The molecule has 204 valence electrons. The summed E-state index contributed by atoms with van der Waals surface area (Å²) < 4.78 is 12.1. The van der Waals surface area contributed by atoms with Crippen LogP contribution >= 0.6 is 23.2 Å². The molecular formula is C30H30Cl2N2O5. The van der Waals surface area contributed by atoms with Gasteiger partial charge in [0.1, 0.15) is 23.7 Å². The van der Waals surface area contributed by atoms with Crippen molar-refractivity contribution in [2.45, 2.75) is 32.7 Å². The van der Waals surface area contributed by atoms with E-state index >= 15 is 0 Å². The molecule has 2 atom stereocenters. The molecule has 7 nitrogen and oxygen atoms in total. The molecule has 0 unspecified atom stereocenters. The number of nitrogens with one attached hydrogen (secondary N) is 2. The summed E-state index contributed by atoms with van der Waals surface area (Å²) in [6, 6.07) is 20.1. The van der Waals surface area contributed by atoms with Gasteiger partial charge in [0.05, 0.1) is 22.5 Å². The maximum atomic E-state index is 12.2. The molecule has 0 saturated heterocycles. The normalized spacial score (nSPS) is 12.6. The highest BCUT2D eigenvalue weighted by molar-refractivity contribution is 6.36. The van der Waals surface area contributed by atoms with Crippen molar-refractivity contribution in [3.63, 3.8) is 0 Å². The number of benzene rings is 3. The Labute approximate surface area is 237 Å². The van der Waals surface area contributed by atoms with Gasteiger partial charge in [0.2, 0.25) is 0 Å². The summed E-state index contributed by atoms with van der Waals surface area (Å²) in [5.74, 6) is 0.104. The number of halogens is 2. The second-order valence-corrected chi connectivity index (χ2v) is 10.1. The fraction of sp³-hybridized carbons (Fsp3) is 0.267. The monoisotopic (exact) mass is 568 g/mol. The predicted molar refractivity (Wildman–Crippen MR) is 155 cm³/mol. The minimum absolute atomic E-state index is 0.0462. The standard InChI is InChI=1S/C30H30Cl2N2O5/c1-3-18(2)25(34-21-10-8-19(9-11-21)30(37)33-13-12-29(35)36)17-38-28-16-23(31)22(15-24(28)32)27-14-20-6-4-5-7-26(20)39-27/h4-11,14-16,18,25,34H,3,12-13,17H2,1-2H3,(H,33,37)(H,35,36)/t18-,25+/m0/s1. The van der Waals surface area contributed by atoms with Gasteiger partial charge in [0.25, 0.3) is 5.91 Å². The molecule has 1 aromatic heterocycles. The second kappa shape index (κ2) is 12.9. The van der Waals surface area contributed by atoms with E-state index in [2.05, 4.69) is 24.5 Å². The van der Waals surface area contributed by atoms with Crippen molar-refractivity contribution in [2.24, 2.45) is 5.92 Å². The van der Waals surface area contributed by atoms with E-state index in [9.17, 15) is 9.59 Å². The van der Waals surface area contributed by atoms with Crippen molar-refractivity contribution >= 4 is 51.7 Å². The second-order valence-electron chi connectivity index (χ2n) is 9.34. The number of aliphatic carboxylic acids is 1. The molecule has 0 radical (unpaired) electrons. The number of para-hydroxylation sites is 1. The zero-order chi connectivity index (χ0) is 27.9. The SMILES string of the molecule is CC[C@H](C)[C@@H](COc1cc(Cl)c(-c2cc3ccccc3o2)cc1Cl)Nc1ccc(C(=O)NCCC(=O)O)cc1. The van der Waals surface area contributed by atoms with E-state index in [1.807, 2.05) is 42.5 Å². The van der Waals surface area contributed by atoms with Crippen molar-refractivity contribution in [1.82, 2.24) is 5.32 Å². The van der Waals surface area contributed by atoms with Gasteiger partial charge in [-0.2, -0.15) is 0 Å². The molecule has 0 spiro atoms. The molecule has 0 bridgehead atoms. The number of carbonyl (C=O) groups excluding carboxylic acids is 1. The summed E-state index contributed by atoms with van der Waals surface area (Å²) in [7, 11) is 0. The van der Waals surface area contributed by atoms with Crippen LogP contribution in [-0.4, -0.2) is 36.2 Å². The number of rotatable bonds is 12. The highest BCUT2D eigenvalue weighted by Gasteiger charge is 2.19. The van der Waals surface area contributed by atoms with E-state index in [0.717, 1.165) is 23.1 Å². The van der Waals surface area contributed by atoms with E-state index in [-0.39, 0.29) is 30.8 Å². The zero-order valence-electron chi connectivity index (χ0n) is 21.7. The van der Waals surface area contributed by atoms with Gasteiger partial charge < -0.3 is 24.9 Å². The Balaban J connectivity index is 1.42. The number of furan rings is 1. The Morgan fingerprint density at radius 2 is 1.77 bits per heavy atom. The minimum Gasteiger partial charge on any atom is -0.490 e. The summed E-state index contributed by atoms with van der Waals surface area (Å²) in [6.07, 6.45) is 0.796. The van der Waals surface area contributed by atoms with Gasteiger partial charge >= 0.3 is 5.97 Å². The van der Waals surface area contributed by atoms with Crippen LogP contribution in [0, 0.1) is 5.92 Å². The fourth-order valence-electron chi connectivity index (χ4n) is 4.07. The number of carboxylic acid groups (broad SMARTS) is 1. The largest absolute Gasteiger partial charge is 0.490 e.